The smallest absolute Gasteiger partial charge is 0.0731 e. The Labute approximate surface area is 345 Å². The van der Waals surface area contributed by atoms with E-state index in [4.69, 9.17) is 0 Å². The average molecular weight is 749 g/mol. The molecule has 0 saturated heterocycles. The van der Waals surface area contributed by atoms with Gasteiger partial charge in [0.2, 0.25) is 0 Å². The molecule has 59 heavy (non-hydrogen) atoms. The zero-order valence-corrected chi connectivity index (χ0v) is 32.9. The van der Waals surface area contributed by atoms with Gasteiger partial charge >= 0.3 is 0 Å². The van der Waals surface area contributed by atoms with E-state index >= 15 is 0 Å². The highest BCUT2D eigenvalue weighted by Crippen LogP contribution is 2.66. The molecule has 1 spiro atoms. The molecular formula is C59H40. The molecule has 8 aromatic carbocycles. The molecule has 0 saturated carbocycles. The maximum atomic E-state index is 4.50. The maximum absolute atomic E-state index is 4.50. The van der Waals surface area contributed by atoms with Crippen molar-refractivity contribution in [1.29, 1.82) is 0 Å². The summed E-state index contributed by atoms with van der Waals surface area (Å²) < 4.78 is 0. The van der Waals surface area contributed by atoms with Crippen LogP contribution in [0.3, 0.4) is 0 Å². The maximum Gasteiger partial charge on any atom is 0.0731 e. The molecule has 0 radical (unpaired) electrons. The third-order valence-corrected chi connectivity index (χ3v) is 13.9. The van der Waals surface area contributed by atoms with Gasteiger partial charge in [-0.2, -0.15) is 0 Å². The first-order chi connectivity index (χ1) is 29.1. The van der Waals surface area contributed by atoms with Gasteiger partial charge in [-0.3, -0.25) is 0 Å². The zero-order valence-electron chi connectivity index (χ0n) is 32.9. The first-order valence-corrected chi connectivity index (χ1v) is 20.7. The molecule has 276 valence electrons. The van der Waals surface area contributed by atoms with Gasteiger partial charge in [0.05, 0.1) is 5.41 Å². The molecule has 0 heteroatoms. The van der Waals surface area contributed by atoms with Gasteiger partial charge in [-0.05, 0) is 146 Å². The van der Waals surface area contributed by atoms with E-state index in [1.54, 1.807) is 0 Å². The molecule has 0 heterocycles. The highest BCUT2D eigenvalue weighted by molar-refractivity contribution is 6.20. The summed E-state index contributed by atoms with van der Waals surface area (Å²) in [6, 6.07) is 52.3. The first kappa shape index (κ1) is 33.8. The molecule has 12 rings (SSSR count). The van der Waals surface area contributed by atoms with Gasteiger partial charge in [0.25, 0.3) is 0 Å². The molecule has 0 bridgehead atoms. The topological polar surface area (TPSA) is 0 Å². The van der Waals surface area contributed by atoms with E-state index in [-0.39, 0.29) is 5.92 Å². The van der Waals surface area contributed by atoms with Crippen LogP contribution in [-0.4, -0.2) is 0 Å². The Balaban J connectivity index is 1.04. The highest BCUT2D eigenvalue weighted by atomic mass is 14.5. The molecule has 8 aromatic rings. The molecule has 4 aliphatic rings. The van der Waals surface area contributed by atoms with Gasteiger partial charge < -0.3 is 0 Å². The van der Waals surface area contributed by atoms with Crippen molar-refractivity contribution in [2.45, 2.75) is 17.8 Å². The number of allylic oxidation sites excluding steroid dienone is 5. The van der Waals surface area contributed by atoms with Crippen molar-refractivity contribution in [2.75, 3.05) is 0 Å². The van der Waals surface area contributed by atoms with Crippen molar-refractivity contribution in [3.8, 4) is 33.4 Å². The lowest BCUT2D eigenvalue weighted by Gasteiger charge is -2.35. The first-order valence-electron chi connectivity index (χ1n) is 20.7. The summed E-state index contributed by atoms with van der Waals surface area (Å²) in [6.45, 7) is 17.2. The van der Waals surface area contributed by atoms with Crippen LogP contribution in [0.2, 0.25) is 0 Å². The van der Waals surface area contributed by atoms with Gasteiger partial charge in [0.1, 0.15) is 0 Å². The lowest BCUT2D eigenvalue weighted by Crippen LogP contribution is -2.28. The summed E-state index contributed by atoms with van der Waals surface area (Å²) in [5, 5.41) is 5.05. The molecule has 0 fully saturated rings. The minimum atomic E-state index is -0.476. The van der Waals surface area contributed by atoms with E-state index in [9.17, 15) is 0 Å². The Morgan fingerprint density at radius 3 is 1.80 bits per heavy atom. The van der Waals surface area contributed by atoms with Crippen LogP contribution in [0.25, 0.3) is 84.3 Å². The molecular weight excluding hydrogens is 709 g/mol. The fourth-order valence-electron chi connectivity index (χ4n) is 11.5. The zero-order chi connectivity index (χ0) is 39.6. The van der Waals surface area contributed by atoms with E-state index < -0.39 is 5.41 Å². The van der Waals surface area contributed by atoms with Crippen LogP contribution in [0.1, 0.15) is 67.1 Å². The van der Waals surface area contributed by atoms with Crippen molar-refractivity contribution >= 4 is 50.9 Å². The summed E-state index contributed by atoms with van der Waals surface area (Å²) >= 11 is 0. The molecule has 1 unspecified atom stereocenters. The average Bonchev–Trinajstić information content (AvgIpc) is 3.89. The van der Waals surface area contributed by atoms with Crippen LogP contribution >= 0.6 is 0 Å². The van der Waals surface area contributed by atoms with Gasteiger partial charge in [-0.25, -0.2) is 0 Å². The van der Waals surface area contributed by atoms with Crippen LogP contribution in [0.5, 0.6) is 0 Å². The Kier molecular flexibility index (Phi) is 7.09. The van der Waals surface area contributed by atoms with Gasteiger partial charge in [0, 0.05) is 5.92 Å². The number of hydrogen-bond acceptors (Lipinski definition) is 0. The Morgan fingerprint density at radius 1 is 0.508 bits per heavy atom. The SMILES string of the molecule is C=CC1=C(C=C)c2ccc(-c3ccc(C4C=Cc5c(c(C=C)c(C=C)c6c5C5(c7ccccc7-c7ccccc75)c5cc7ccccc7cc5-6)C4)cc3)c3cccc1c23. The van der Waals surface area contributed by atoms with E-state index in [0.29, 0.717) is 0 Å². The van der Waals surface area contributed by atoms with Crippen molar-refractivity contribution < 1.29 is 0 Å². The predicted molar refractivity (Wildman–Crippen MR) is 252 cm³/mol. The van der Waals surface area contributed by atoms with E-state index in [1.807, 2.05) is 12.2 Å². The Hall–Kier alpha value is -7.28. The summed E-state index contributed by atoms with van der Waals surface area (Å²) in [4.78, 5) is 0. The van der Waals surface area contributed by atoms with Crippen LogP contribution in [0.15, 0.2) is 184 Å². The Morgan fingerprint density at radius 2 is 1.12 bits per heavy atom. The second-order valence-corrected chi connectivity index (χ2v) is 16.4. The monoisotopic (exact) mass is 748 g/mol. The lowest BCUT2D eigenvalue weighted by atomic mass is 9.66. The van der Waals surface area contributed by atoms with Crippen LogP contribution in [0.4, 0.5) is 0 Å². The number of benzene rings is 8. The fourth-order valence-corrected chi connectivity index (χ4v) is 11.5. The van der Waals surface area contributed by atoms with Crippen LogP contribution in [-0.2, 0) is 11.8 Å². The molecule has 0 nitrogen and oxygen atoms in total. The standard InChI is InChI=1S/C59H40/c1-5-40-41(6-2)49-31-30-44(48-21-15-20-47(40)56(48)49)36-26-24-35(25-27-36)39-28-29-50-51(32-39)42(7-3)43(8-4)57-52-33-37-16-9-10-17-38(37)34-55(52)59(58(50)57)53-22-13-11-18-45(53)46-19-12-14-23-54(46)59/h5-31,33-34,39H,1-4,32H2. The lowest BCUT2D eigenvalue weighted by molar-refractivity contribution is 0.775. The third kappa shape index (κ3) is 4.28. The second-order valence-electron chi connectivity index (χ2n) is 16.4. The predicted octanol–water partition coefficient (Wildman–Crippen LogP) is 15.2. The van der Waals surface area contributed by atoms with Crippen molar-refractivity contribution in [2.24, 2.45) is 0 Å². The molecule has 0 aromatic heterocycles. The largest absolute Gasteiger partial charge is 0.0984 e. The van der Waals surface area contributed by atoms with Crippen molar-refractivity contribution in [3.05, 3.63) is 245 Å². The fraction of sp³-hybridized carbons (Fsp3) is 0.0508. The summed E-state index contributed by atoms with van der Waals surface area (Å²) in [6.07, 6.45) is 13.9. The molecule has 0 amide bonds. The van der Waals surface area contributed by atoms with E-state index in [0.717, 1.165) is 17.6 Å². The van der Waals surface area contributed by atoms with Crippen LogP contribution < -0.4 is 0 Å². The van der Waals surface area contributed by atoms with E-state index in [1.165, 1.54) is 116 Å². The molecule has 1 atom stereocenters. The van der Waals surface area contributed by atoms with Gasteiger partial charge in [0.15, 0.2) is 0 Å². The minimum absolute atomic E-state index is 0.207. The number of rotatable bonds is 6. The number of hydrogen-bond donors (Lipinski definition) is 0. The normalized spacial score (nSPS) is 15.8. The molecule has 0 aliphatic heterocycles. The molecule has 0 N–H and O–H groups in total. The van der Waals surface area contributed by atoms with Gasteiger partial charge in [-0.15, -0.1) is 0 Å². The second kappa shape index (κ2) is 12.4. The van der Waals surface area contributed by atoms with Crippen molar-refractivity contribution in [3.63, 3.8) is 0 Å². The molecule has 4 aliphatic carbocycles. The number of fused-ring (bicyclic) bond motifs is 13. The summed E-state index contributed by atoms with van der Waals surface area (Å²) in [5.74, 6) is 0.207. The van der Waals surface area contributed by atoms with E-state index in [2.05, 4.69) is 190 Å². The summed E-state index contributed by atoms with van der Waals surface area (Å²) in [7, 11) is 0. The third-order valence-electron chi connectivity index (χ3n) is 13.9. The Bertz CT molecular complexity index is 3230. The summed E-state index contributed by atoms with van der Waals surface area (Å²) in [5.41, 5.74) is 23.7. The van der Waals surface area contributed by atoms with Crippen molar-refractivity contribution in [1.82, 2.24) is 0 Å². The highest BCUT2D eigenvalue weighted by Gasteiger charge is 2.54. The van der Waals surface area contributed by atoms with Crippen LogP contribution in [0, 0.1) is 0 Å². The minimum Gasteiger partial charge on any atom is -0.0984 e. The quantitative estimate of drug-likeness (QED) is 0.159. The van der Waals surface area contributed by atoms with Gasteiger partial charge in [-0.1, -0.05) is 190 Å².